The maximum Gasteiger partial charge on any atom is 0.217 e. The monoisotopic (exact) mass is 331 g/mol. The van der Waals surface area contributed by atoms with Gasteiger partial charge in [-0.25, -0.2) is 0 Å². The molecule has 1 atom stereocenters. The predicted octanol–water partition coefficient (Wildman–Crippen LogP) is 3.68. The largest absolute Gasteiger partial charge is 0.371 e. The molecule has 0 unspecified atom stereocenters. The Morgan fingerprint density at radius 3 is 3.09 bits per heavy atom. The summed E-state index contributed by atoms with van der Waals surface area (Å²) in [7, 11) is 0. The van der Waals surface area contributed by atoms with Crippen molar-refractivity contribution in [2.24, 2.45) is 11.7 Å². The summed E-state index contributed by atoms with van der Waals surface area (Å²) in [4.78, 5) is 17.9. The molecule has 0 bridgehead atoms. The van der Waals surface area contributed by atoms with Crippen molar-refractivity contribution in [3.05, 3.63) is 35.0 Å². The third-order valence-electron chi connectivity index (χ3n) is 4.64. The molecular weight excluding hydrogens is 310 g/mol. The van der Waals surface area contributed by atoms with Crippen LogP contribution in [-0.4, -0.2) is 24.0 Å². The second kappa shape index (κ2) is 6.75. The van der Waals surface area contributed by atoms with E-state index in [1.165, 1.54) is 5.69 Å². The molecule has 1 aromatic carbocycles. The second-order valence-corrected chi connectivity index (χ2v) is 6.84. The zero-order chi connectivity index (χ0) is 16.4. The molecule has 5 heteroatoms. The average Bonchev–Trinajstić information content (AvgIpc) is 2.52. The van der Waals surface area contributed by atoms with Gasteiger partial charge in [-0.3, -0.25) is 9.78 Å². The van der Waals surface area contributed by atoms with Gasteiger partial charge in [0.1, 0.15) is 0 Å². The predicted molar refractivity (Wildman–Crippen MR) is 94.9 cm³/mol. The molecule has 1 fully saturated rings. The van der Waals surface area contributed by atoms with Crippen LogP contribution in [-0.2, 0) is 4.79 Å². The number of benzene rings is 1. The van der Waals surface area contributed by atoms with Crippen LogP contribution in [0.5, 0.6) is 0 Å². The van der Waals surface area contributed by atoms with Gasteiger partial charge in [-0.1, -0.05) is 11.6 Å². The van der Waals surface area contributed by atoms with Gasteiger partial charge in [-0.2, -0.15) is 0 Å². The number of anilines is 1. The van der Waals surface area contributed by atoms with Crippen LogP contribution >= 0.6 is 11.6 Å². The maximum absolute atomic E-state index is 11.0. The minimum absolute atomic E-state index is 0.209. The quantitative estimate of drug-likeness (QED) is 0.929. The first kappa shape index (κ1) is 16.1. The van der Waals surface area contributed by atoms with E-state index >= 15 is 0 Å². The Morgan fingerprint density at radius 2 is 2.30 bits per heavy atom. The molecule has 0 saturated carbocycles. The number of halogens is 1. The Bertz CT molecular complexity index is 732. The maximum atomic E-state index is 11.0. The number of primary amides is 1. The van der Waals surface area contributed by atoms with E-state index in [-0.39, 0.29) is 5.91 Å². The fraction of sp³-hybridized carbons (Fsp3) is 0.444. The second-order valence-electron chi connectivity index (χ2n) is 6.41. The molecule has 1 aliphatic rings. The molecule has 1 aliphatic heterocycles. The molecule has 2 N–H and O–H groups in total. The standard InChI is InChI=1S/C18H22ClN3O/c1-12-9-14(19)10-15-16(6-7-21-18(12)15)22-8-2-3-13(11-22)4-5-17(20)23/h6-7,9-10,13H,2-5,8,11H2,1H3,(H2,20,23)/t13-/m0/s1. The first-order chi connectivity index (χ1) is 11.0. The summed E-state index contributed by atoms with van der Waals surface area (Å²) < 4.78 is 0. The number of aromatic nitrogens is 1. The van der Waals surface area contributed by atoms with E-state index in [9.17, 15) is 4.79 Å². The number of pyridine rings is 1. The lowest BCUT2D eigenvalue weighted by Gasteiger charge is -2.35. The van der Waals surface area contributed by atoms with Crippen molar-refractivity contribution in [3.63, 3.8) is 0 Å². The van der Waals surface area contributed by atoms with Gasteiger partial charge in [-0.15, -0.1) is 0 Å². The van der Waals surface area contributed by atoms with Gasteiger partial charge in [0.05, 0.1) is 5.52 Å². The number of nitrogens with zero attached hydrogens (tertiary/aromatic N) is 2. The van der Waals surface area contributed by atoms with Gasteiger partial charge in [0.15, 0.2) is 0 Å². The van der Waals surface area contributed by atoms with Gasteiger partial charge < -0.3 is 10.6 Å². The number of carbonyl (C=O) groups excluding carboxylic acids is 1. The number of aryl methyl sites for hydroxylation is 1. The number of rotatable bonds is 4. The smallest absolute Gasteiger partial charge is 0.217 e. The molecule has 4 nitrogen and oxygen atoms in total. The van der Waals surface area contributed by atoms with Crippen molar-refractivity contribution in [2.75, 3.05) is 18.0 Å². The van der Waals surface area contributed by atoms with E-state index in [0.29, 0.717) is 12.3 Å². The summed E-state index contributed by atoms with van der Waals surface area (Å²) in [5, 5.41) is 1.85. The molecule has 2 aromatic rings. The lowest BCUT2D eigenvalue weighted by molar-refractivity contribution is -0.118. The van der Waals surface area contributed by atoms with E-state index < -0.39 is 0 Å². The van der Waals surface area contributed by atoms with E-state index in [2.05, 4.69) is 16.0 Å². The summed E-state index contributed by atoms with van der Waals surface area (Å²) in [5.74, 6) is 0.304. The third kappa shape index (κ3) is 3.58. The Labute approximate surface area is 141 Å². The number of nitrogens with two attached hydrogens (primary N) is 1. The molecule has 0 aliphatic carbocycles. The van der Waals surface area contributed by atoms with E-state index in [1.54, 1.807) is 0 Å². The van der Waals surface area contributed by atoms with Crippen molar-refractivity contribution in [3.8, 4) is 0 Å². The fourth-order valence-electron chi connectivity index (χ4n) is 3.52. The highest BCUT2D eigenvalue weighted by molar-refractivity contribution is 6.31. The number of fused-ring (bicyclic) bond motifs is 1. The third-order valence-corrected chi connectivity index (χ3v) is 4.85. The molecule has 1 amide bonds. The molecule has 1 aromatic heterocycles. The van der Waals surface area contributed by atoms with Gasteiger partial charge >= 0.3 is 0 Å². The van der Waals surface area contributed by atoms with Crippen LogP contribution in [0.1, 0.15) is 31.2 Å². The number of carbonyl (C=O) groups is 1. The van der Waals surface area contributed by atoms with Crippen molar-refractivity contribution < 1.29 is 4.79 Å². The summed E-state index contributed by atoms with van der Waals surface area (Å²) in [6, 6.07) is 6.01. The highest BCUT2D eigenvalue weighted by atomic mass is 35.5. The molecule has 0 radical (unpaired) electrons. The molecular formula is C18H22ClN3O. The minimum atomic E-state index is -0.209. The Hall–Kier alpha value is -1.81. The van der Waals surface area contributed by atoms with Crippen molar-refractivity contribution >= 4 is 34.1 Å². The van der Waals surface area contributed by atoms with E-state index in [4.69, 9.17) is 17.3 Å². The van der Waals surface area contributed by atoms with Crippen LogP contribution in [0.4, 0.5) is 5.69 Å². The number of amides is 1. The highest BCUT2D eigenvalue weighted by Crippen LogP contribution is 2.33. The number of hydrogen-bond acceptors (Lipinski definition) is 3. The zero-order valence-corrected chi connectivity index (χ0v) is 14.1. The van der Waals surface area contributed by atoms with Gasteiger partial charge in [-0.05, 0) is 55.9 Å². The zero-order valence-electron chi connectivity index (χ0n) is 13.4. The van der Waals surface area contributed by atoms with Crippen LogP contribution in [0.15, 0.2) is 24.4 Å². The molecule has 23 heavy (non-hydrogen) atoms. The van der Waals surface area contributed by atoms with Crippen LogP contribution < -0.4 is 10.6 Å². The minimum Gasteiger partial charge on any atom is -0.371 e. The lowest BCUT2D eigenvalue weighted by atomic mass is 9.92. The molecule has 122 valence electrons. The SMILES string of the molecule is Cc1cc(Cl)cc2c(N3CCC[C@@H](CCC(N)=O)C3)ccnc12. The number of piperidine rings is 1. The summed E-state index contributed by atoms with van der Waals surface area (Å²) in [6.45, 7) is 4.02. The Balaban J connectivity index is 1.89. The molecule has 1 saturated heterocycles. The Kier molecular flexibility index (Phi) is 4.71. The molecule has 3 rings (SSSR count). The normalized spacial score (nSPS) is 18.3. The number of hydrogen-bond donors (Lipinski definition) is 1. The first-order valence-corrected chi connectivity index (χ1v) is 8.50. The Morgan fingerprint density at radius 1 is 1.48 bits per heavy atom. The van der Waals surface area contributed by atoms with Crippen LogP contribution in [0.3, 0.4) is 0 Å². The molecule has 2 heterocycles. The topological polar surface area (TPSA) is 59.2 Å². The van der Waals surface area contributed by atoms with E-state index in [0.717, 1.165) is 53.8 Å². The first-order valence-electron chi connectivity index (χ1n) is 8.12. The van der Waals surface area contributed by atoms with Gasteiger partial charge in [0.2, 0.25) is 5.91 Å². The van der Waals surface area contributed by atoms with Crippen molar-refractivity contribution in [2.45, 2.75) is 32.6 Å². The van der Waals surface area contributed by atoms with Crippen LogP contribution in [0, 0.1) is 12.8 Å². The van der Waals surface area contributed by atoms with Crippen LogP contribution in [0.25, 0.3) is 10.9 Å². The van der Waals surface area contributed by atoms with Gasteiger partial charge in [0, 0.05) is 41.8 Å². The van der Waals surface area contributed by atoms with Gasteiger partial charge in [0.25, 0.3) is 0 Å². The van der Waals surface area contributed by atoms with Crippen molar-refractivity contribution in [1.82, 2.24) is 4.98 Å². The van der Waals surface area contributed by atoms with E-state index in [1.807, 2.05) is 25.3 Å². The van der Waals surface area contributed by atoms with Crippen LogP contribution in [0.2, 0.25) is 5.02 Å². The average molecular weight is 332 g/mol. The fourth-order valence-corrected chi connectivity index (χ4v) is 3.79. The molecule has 0 spiro atoms. The summed E-state index contributed by atoms with van der Waals surface area (Å²) in [6.07, 6.45) is 5.50. The summed E-state index contributed by atoms with van der Waals surface area (Å²) in [5.41, 5.74) is 8.57. The highest BCUT2D eigenvalue weighted by Gasteiger charge is 2.22. The van der Waals surface area contributed by atoms with Crippen molar-refractivity contribution in [1.29, 1.82) is 0 Å². The summed E-state index contributed by atoms with van der Waals surface area (Å²) >= 11 is 6.25. The lowest BCUT2D eigenvalue weighted by Crippen LogP contribution is -2.36.